The van der Waals surface area contributed by atoms with E-state index in [9.17, 15) is 4.79 Å². The summed E-state index contributed by atoms with van der Waals surface area (Å²) in [5.41, 5.74) is 2.05. The van der Waals surface area contributed by atoms with E-state index in [1.807, 2.05) is 18.2 Å². The van der Waals surface area contributed by atoms with Gasteiger partial charge in [-0.1, -0.05) is 72.4 Å². The van der Waals surface area contributed by atoms with Crippen LogP contribution in [-0.2, 0) is 0 Å². The molecule has 0 heterocycles. The molecule has 0 saturated carbocycles. The van der Waals surface area contributed by atoms with E-state index in [4.69, 9.17) is 0 Å². The highest BCUT2D eigenvalue weighted by atomic mass is 28.3. The molecule has 0 spiro atoms. The third kappa shape index (κ3) is 2.29. The zero-order valence-electron chi connectivity index (χ0n) is 11.1. The van der Waals surface area contributed by atoms with Gasteiger partial charge in [-0.25, -0.2) is 0 Å². The summed E-state index contributed by atoms with van der Waals surface area (Å²) >= 11 is 0. The Hall–Kier alpha value is -1.67. The first-order valence-corrected chi connectivity index (χ1v) is 9.17. The van der Waals surface area contributed by atoms with Crippen LogP contribution in [0, 0.1) is 6.92 Å². The fraction of sp³-hybridized carbons (Fsp3) is 0.188. The molecule has 92 valence electrons. The lowest BCUT2D eigenvalue weighted by Gasteiger charge is -2.25. The van der Waals surface area contributed by atoms with E-state index in [-0.39, 0.29) is 0 Å². The third-order valence-corrected chi connectivity index (χ3v) is 7.06. The second kappa shape index (κ2) is 4.90. The molecular formula is C16H18OSi. The van der Waals surface area contributed by atoms with Crippen LogP contribution in [-0.4, -0.2) is 14.4 Å². The van der Waals surface area contributed by atoms with Crippen LogP contribution in [0.5, 0.6) is 0 Å². The van der Waals surface area contributed by atoms with Crippen molar-refractivity contribution in [1.29, 1.82) is 0 Å². The monoisotopic (exact) mass is 254 g/mol. The van der Waals surface area contributed by atoms with E-state index in [1.165, 1.54) is 15.9 Å². The molecule has 2 aromatic carbocycles. The number of carbonyl (C=O) groups excluding carboxylic acids is 1. The topological polar surface area (TPSA) is 17.1 Å². The normalized spacial score (nSPS) is 11.3. The fourth-order valence-electron chi connectivity index (χ4n) is 2.32. The molecule has 0 N–H and O–H groups in total. The SMILES string of the molecule is Cc1ccc(C=O)c([Si](C)(C)c2ccccc2)c1. The molecule has 0 saturated heterocycles. The summed E-state index contributed by atoms with van der Waals surface area (Å²) in [7, 11) is -1.78. The van der Waals surface area contributed by atoms with Gasteiger partial charge in [0.2, 0.25) is 0 Å². The van der Waals surface area contributed by atoms with Crippen LogP contribution >= 0.6 is 0 Å². The molecule has 0 bridgehead atoms. The zero-order valence-corrected chi connectivity index (χ0v) is 12.1. The van der Waals surface area contributed by atoms with Gasteiger partial charge in [0, 0.05) is 5.56 Å². The molecule has 2 rings (SSSR count). The van der Waals surface area contributed by atoms with Gasteiger partial charge >= 0.3 is 0 Å². The van der Waals surface area contributed by atoms with Crippen molar-refractivity contribution in [3.8, 4) is 0 Å². The number of hydrogen-bond donors (Lipinski definition) is 0. The first-order valence-electron chi connectivity index (χ1n) is 6.17. The van der Waals surface area contributed by atoms with Crippen molar-refractivity contribution in [1.82, 2.24) is 0 Å². The maximum atomic E-state index is 11.2. The van der Waals surface area contributed by atoms with E-state index >= 15 is 0 Å². The van der Waals surface area contributed by atoms with Crippen molar-refractivity contribution >= 4 is 24.7 Å². The van der Waals surface area contributed by atoms with Crippen LogP contribution in [0.4, 0.5) is 0 Å². The minimum absolute atomic E-state index is 0.834. The zero-order chi connectivity index (χ0) is 13.2. The highest BCUT2D eigenvalue weighted by Crippen LogP contribution is 2.09. The van der Waals surface area contributed by atoms with E-state index < -0.39 is 8.07 Å². The lowest BCUT2D eigenvalue weighted by Crippen LogP contribution is -2.54. The molecule has 0 amide bonds. The summed E-state index contributed by atoms with van der Waals surface area (Å²) in [5, 5.41) is 2.59. The van der Waals surface area contributed by atoms with Gasteiger partial charge in [-0.05, 0) is 12.1 Å². The van der Waals surface area contributed by atoms with Crippen molar-refractivity contribution in [2.75, 3.05) is 0 Å². The largest absolute Gasteiger partial charge is 0.298 e. The molecule has 1 nitrogen and oxygen atoms in total. The van der Waals surface area contributed by atoms with E-state index in [2.05, 4.69) is 50.3 Å². The Labute approximate surface area is 109 Å². The second-order valence-electron chi connectivity index (χ2n) is 5.20. The Morgan fingerprint density at radius 2 is 1.67 bits per heavy atom. The number of rotatable bonds is 3. The average molecular weight is 254 g/mol. The molecule has 0 aliphatic rings. The van der Waals surface area contributed by atoms with Crippen molar-refractivity contribution < 1.29 is 4.79 Å². The van der Waals surface area contributed by atoms with Crippen molar-refractivity contribution in [3.05, 3.63) is 59.7 Å². The maximum Gasteiger partial charge on any atom is 0.149 e. The van der Waals surface area contributed by atoms with Crippen LogP contribution in [0.2, 0.25) is 13.1 Å². The molecule has 2 aromatic rings. The first kappa shape index (κ1) is 12.8. The molecule has 18 heavy (non-hydrogen) atoms. The molecule has 0 aliphatic heterocycles. The molecule has 0 fully saturated rings. The molecular weight excluding hydrogens is 236 g/mol. The smallest absolute Gasteiger partial charge is 0.149 e. The molecule has 0 aromatic heterocycles. The predicted molar refractivity (Wildman–Crippen MR) is 79.8 cm³/mol. The standard InChI is InChI=1S/C16H18OSi/c1-13-9-10-14(12-17)16(11-13)18(2,3)15-7-5-4-6-8-15/h4-12H,1-3H3. The van der Waals surface area contributed by atoms with Gasteiger partial charge in [0.05, 0.1) is 0 Å². The van der Waals surface area contributed by atoms with E-state index in [0.717, 1.165) is 11.8 Å². The summed E-state index contributed by atoms with van der Waals surface area (Å²) in [6.07, 6.45) is 0.979. The Balaban J connectivity index is 2.60. The second-order valence-corrected chi connectivity index (χ2v) is 9.57. The predicted octanol–water partition coefficient (Wildman–Crippen LogP) is 2.63. The van der Waals surface area contributed by atoms with E-state index in [0.29, 0.717) is 0 Å². The number of benzene rings is 2. The summed E-state index contributed by atoms with van der Waals surface area (Å²) in [5.74, 6) is 0. The van der Waals surface area contributed by atoms with Crippen LogP contribution in [0.1, 0.15) is 15.9 Å². The molecule has 0 unspecified atom stereocenters. The summed E-state index contributed by atoms with van der Waals surface area (Å²) in [6, 6.07) is 16.6. The Kier molecular flexibility index (Phi) is 3.48. The Morgan fingerprint density at radius 3 is 2.28 bits per heavy atom. The van der Waals surface area contributed by atoms with Gasteiger partial charge in [0.15, 0.2) is 0 Å². The first-order chi connectivity index (χ1) is 8.55. The van der Waals surface area contributed by atoms with Crippen LogP contribution in [0.25, 0.3) is 0 Å². The lowest BCUT2D eigenvalue weighted by atomic mass is 10.2. The quantitative estimate of drug-likeness (QED) is 0.608. The van der Waals surface area contributed by atoms with Gasteiger partial charge in [-0.15, -0.1) is 0 Å². The van der Waals surface area contributed by atoms with Crippen molar-refractivity contribution in [2.24, 2.45) is 0 Å². The van der Waals surface area contributed by atoms with Crippen LogP contribution < -0.4 is 10.4 Å². The third-order valence-electron chi connectivity index (χ3n) is 3.50. The summed E-state index contributed by atoms with van der Waals surface area (Å²) < 4.78 is 0. The Morgan fingerprint density at radius 1 is 1.00 bits per heavy atom. The number of aldehydes is 1. The number of carbonyl (C=O) groups is 1. The molecule has 0 radical (unpaired) electrons. The number of hydrogen-bond acceptors (Lipinski definition) is 1. The van der Waals surface area contributed by atoms with Gasteiger partial charge < -0.3 is 0 Å². The van der Waals surface area contributed by atoms with Gasteiger partial charge in [0.25, 0.3) is 0 Å². The highest BCUT2D eigenvalue weighted by molar-refractivity contribution is 7.00. The fourth-order valence-corrected chi connectivity index (χ4v) is 5.11. The number of aryl methyl sites for hydroxylation is 1. The summed E-state index contributed by atoms with van der Waals surface area (Å²) in [4.78, 5) is 11.2. The van der Waals surface area contributed by atoms with Gasteiger partial charge in [0.1, 0.15) is 14.4 Å². The molecule has 0 aliphatic carbocycles. The maximum absolute atomic E-state index is 11.2. The molecule has 0 atom stereocenters. The highest BCUT2D eigenvalue weighted by Gasteiger charge is 2.28. The van der Waals surface area contributed by atoms with E-state index in [1.54, 1.807) is 0 Å². The van der Waals surface area contributed by atoms with Crippen molar-refractivity contribution in [3.63, 3.8) is 0 Å². The van der Waals surface area contributed by atoms with Crippen LogP contribution in [0.3, 0.4) is 0 Å². The summed E-state index contributed by atoms with van der Waals surface area (Å²) in [6.45, 7) is 6.67. The van der Waals surface area contributed by atoms with Gasteiger partial charge in [-0.3, -0.25) is 4.79 Å². The van der Waals surface area contributed by atoms with Gasteiger partial charge in [-0.2, -0.15) is 0 Å². The van der Waals surface area contributed by atoms with Crippen LogP contribution in [0.15, 0.2) is 48.5 Å². The van der Waals surface area contributed by atoms with Crippen molar-refractivity contribution in [2.45, 2.75) is 20.0 Å². The minimum Gasteiger partial charge on any atom is -0.298 e. The Bertz CT molecular complexity index is 559. The average Bonchev–Trinajstić information content (AvgIpc) is 2.39. The minimum atomic E-state index is -1.78. The lowest BCUT2D eigenvalue weighted by molar-refractivity contribution is 0.112. The molecule has 2 heteroatoms.